The van der Waals surface area contributed by atoms with Crippen LogP contribution in [0.3, 0.4) is 0 Å². The number of pyridine rings is 1. The summed E-state index contributed by atoms with van der Waals surface area (Å²) in [5.41, 5.74) is 2.92. The molecule has 0 aliphatic heterocycles. The molecule has 3 rings (SSSR count). The number of halogens is 2. The van der Waals surface area contributed by atoms with Gasteiger partial charge < -0.3 is 10.6 Å². The molecule has 26 heavy (non-hydrogen) atoms. The van der Waals surface area contributed by atoms with E-state index in [0.717, 1.165) is 5.56 Å². The molecule has 6 heteroatoms. The Morgan fingerprint density at radius 3 is 2.46 bits per heavy atom. The summed E-state index contributed by atoms with van der Waals surface area (Å²) in [6.07, 6.45) is 3.82. The highest BCUT2D eigenvalue weighted by Crippen LogP contribution is 2.17. The maximum atomic E-state index is 13.0. The minimum Gasteiger partial charge on any atom is -0.354 e. The van der Waals surface area contributed by atoms with Gasteiger partial charge in [-0.15, -0.1) is 0 Å². The zero-order valence-corrected chi connectivity index (χ0v) is 14.6. The Morgan fingerprint density at radius 2 is 1.73 bits per heavy atom. The summed E-state index contributed by atoms with van der Waals surface area (Å²) < 4.78 is 13.0. The van der Waals surface area contributed by atoms with Crippen LogP contribution >= 0.6 is 11.6 Å². The summed E-state index contributed by atoms with van der Waals surface area (Å²) in [6, 6.07) is 15.2. The van der Waals surface area contributed by atoms with Crippen molar-refractivity contribution in [3.63, 3.8) is 0 Å². The number of anilines is 2. The van der Waals surface area contributed by atoms with Crippen LogP contribution < -0.4 is 10.6 Å². The number of nitrogens with zero attached hydrogens (tertiary/aromatic N) is 1. The Labute approximate surface area is 156 Å². The van der Waals surface area contributed by atoms with Crippen molar-refractivity contribution in [1.82, 2.24) is 10.3 Å². The maximum absolute atomic E-state index is 13.0. The summed E-state index contributed by atoms with van der Waals surface area (Å²) in [7, 11) is 0. The van der Waals surface area contributed by atoms with Crippen LogP contribution in [0.4, 0.5) is 15.8 Å². The van der Waals surface area contributed by atoms with Gasteiger partial charge in [-0.25, -0.2) is 4.39 Å². The monoisotopic (exact) mass is 369 g/mol. The van der Waals surface area contributed by atoms with Gasteiger partial charge in [0.05, 0.1) is 17.4 Å². The summed E-state index contributed by atoms with van der Waals surface area (Å²) in [5, 5.41) is 6.65. The quantitative estimate of drug-likeness (QED) is 0.668. The van der Waals surface area contributed by atoms with E-state index in [0.29, 0.717) is 34.9 Å². The molecule has 3 aromatic rings. The van der Waals surface area contributed by atoms with Crippen molar-refractivity contribution in [1.29, 1.82) is 0 Å². The highest BCUT2D eigenvalue weighted by molar-refractivity contribution is 6.30. The number of hydrogen-bond donors (Lipinski definition) is 2. The summed E-state index contributed by atoms with van der Waals surface area (Å²) >= 11 is 5.86. The zero-order valence-electron chi connectivity index (χ0n) is 13.9. The first-order chi connectivity index (χ1) is 12.6. The fourth-order valence-corrected chi connectivity index (χ4v) is 2.53. The number of carbonyl (C=O) groups is 1. The largest absolute Gasteiger partial charge is 0.354 e. The van der Waals surface area contributed by atoms with Crippen molar-refractivity contribution < 1.29 is 9.18 Å². The predicted molar refractivity (Wildman–Crippen MR) is 101 cm³/mol. The molecule has 2 N–H and O–H groups in total. The summed E-state index contributed by atoms with van der Waals surface area (Å²) in [4.78, 5) is 16.4. The van der Waals surface area contributed by atoms with Crippen molar-refractivity contribution >= 4 is 28.9 Å². The zero-order chi connectivity index (χ0) is 18.4. The normalized spacial score (nSPS) is 10.4. The smallest absolute Gasteiger partial charge is 0.252 e. The molecule has 132 valence electrons. The van der Waals surface area contributed by atoms with Crippen LogP contribution in [0.2, 0.25) is 5.02 Å². The second-order valence-electron chi connectivity index (χ2n) is 5.73. The van der Waals surface area contributed by atoms with Gasteiger partial charge in [0.25, 0.3) is 5.91 Å². The Bertz CT molecular complexity index is 882. The fraction of sp³-hybridized carbons (Fsp3) is 0.100. The molecule has 1 heterocycles. The number of rotatable bonds is 6. The van der Waals surface area contributed by atoms with E-state index in [4.69, 9.17) is 11.6 Å². The van der Waals surface area contributed by atoms with E-state index >= 15 is 0 Å². The standard InChI is InChI=1S/C20H17ClFN3O/c21-16-3-1-14(2-4-16)9-10-24-20(26)15-11-19(13-23-12-15)25-18-7-5-17(22)6-8-18/h1-8,11-13,25H,9-10H2,(H,24,26). The van der Waals surface area contributed by atoms with E-state index < -0.39 is 0 Å². The lowest BCUT2D eigenvalue weighted by Crippen LogP contribution is -2.25. The van der Waals surface area contributed by atoms with Gasteiger partial charge in [0.15, 0.2) is 0 Å². The average molecular weight is 370 g/mol. The average Bonchev–Trinajstić information content (AvgIpc) is 2.65. The lowest BCUT2D eigenvalue weighted by Gasteiger charge is -2.09. The van der Waals surface area contributed by atoms with E-state index in [2.05, 4.69) is 15.6 Å². The van der Waals surface area contributed by atoms with E-state index in [1.165, 1.54) is 18.3 Å². The predicted octanol–water partition coefficient (Wildman–Crippen LogP) is 4.59. The second kappa shape index (κ2) is 8.45. The van der Waals surface area contributed by atoms with Crippen LogP contribution in [0.25, 0.3) is 0 Å². The van der Waals surface area contributed by atoms with Crippen LogP contribution in [-0.2, 0) is 6.42 Å². The van der Waals surface area contributed by atoms with Gasteiger partial charge in [0.1, 0.15) is 5.82 Å². The van der Waals surface area contributed by atoms with Crippen molar-refractivity contribution in [2.45, 2.75) is 6.42 Å². The van der Waals surface area contributed by atoms with Crippen molar-refractivity contribution in [2.24, 2.45) is 0 Å². The topological polar surface area (TPSA) is 54.0 Å². The van der Waals surface area contributed by atoms with Crippen LogP contribution in [0.1, 0.15) is 15.9 Å². The first-order valence-electron chi connectivity index (χ1n) is 8.10. The van der Waals surface area contributed by atoms with Crippen molar-refractivity contribution in [2.75, 3.05) is 11.9 Å². The molecule has 0 aliphatic rings. The first kappa shape index (κ1) is 17.9. The molecule has 0 radical (unpaired) electrons. The number of aromatic nitrogens is 1. The fourth-order valence-electron chi connectivity index (χ4n) is 2.41. The molecule has 1 aromatic heterocycles. The Balaban J connectivity index is 1.57. The van der Waals surface area contributed by atoms with Crippen LogP contribution in [0.15, 0.2) is 67.0 Å². The highest BCUT2D eigenvalue weighted by Gasteiger charge is 2.07. The molecule has 0 unspecified atom stereocenters. The molecule has 0 bridgehead atoms. The molecule has 2 aromatic carbocycles. The van der Waals surface area contributed by atoms with Gasteiger partial charge in [-0.1, -0.05) is 23.7 Å². The number of amides is 1. The second-order valence-corrected chi connectivity index (χ2v) is 6.16. The molecule has 0 aliphatic carbocycles. The van der Waals surface area contributed by atoms with Gasteiger partial charge in [-0.05, 0) is 54.4 Å². The maximum Gasteiger partial charge on any atom is 0.252 e. The lowest BCUT2D eigenvalue weighted by molar-refractivity contribution is 0.0954. The Kier molecular flexibility index (Phi) is 5.81. The molecular formula is C20H17ClFN3O. The number of benzene rings is 2. The van der Waals surface area contributed by atoms with Crippen molar-refractivity contribution in [3.05, 3.63) is 89.0 Å². The third-order valence-corrected chi connectivity index (χ3v) is 4.00. The number of carbonyl (C=O) groups excluding carboxylic acids is 1. The van der Waals surface area contributed by atoms with E-state index in [-0.39, 0.29) is 11.7 Å². The molecule has 0 fully saturated rings. The van der Waals surface area contributed by atoms with E-state index in [1.54, 1.807) is 24.4 Å². The number of hydrogen-bond acceptors (Lipinski definition) is 3. The van der Waals surface area contributed by atoms with Crippen molar-refractivity contribution in [3.8, 4) is 0 Å². The SMILES string of the molecule is O=C(NCCc1ccc(Cl)cc1)c1cncc(Nc2ccc(F)cc2)c1. The lowest BCUT2D eigenvalue weighted by atomic mass is 10.1. The van der Waals surface area contributed by atoms with Gasteiger partial charge in [0.2, 0.25) is 0 Å². The Morgan fingerprint density at radius 1 is 1.00 bits per heavy atom. The summed E-state index contributed by atoms with van der Waals surface area (Å²) in [5.74, 6) is -0.503. The highest BCUT2D eigenvalue weighted by atomic mass is 35.5. The van der Waals surface area contributed by atoms with Gasteiger partial charge in [-0.3, -0.25) is 9.78 Å². The molecule has 0 atom stereocenters. The minimum absolute atomic E-state index is 0.200. The van der Waals surface area contributed by atoms with E-state index in [9.17, 15) is 9.18 Å². The van der Waals surface area contributed by atoms with Gasteiger partial charge in [0, 0.05) is 23.5 Å². The molecular weight excluding hydrogens is 353 g/mol. The molecule has 0 saturated heterocycles. The van der Waals surface area contributed by atoms with Crippen LogP contribution in [-0.4, -0.2) is 17.4 Å². The van der Waals surface area contributed by atoms with Gasteiger partial charge in [-0.2, -0.15) is 0 Å². The third kappa shape index (κ3) is 5.04. The van der Waals surface area contributed by atoms with Crippen LogP contribution in [0.5, 0.6) is 0 Å². The van der Waals surface area contributed by atoms with Crippen LogP contribution in [0, 0.1) is 5.82 Å². The minimum atomic E-state index is -0.303. The molecule has 4 nitrogen and oxygen atoms in total. The third-order valence-electron chi connectivity index (χ3n) is 3.75. The Hall–Kier alpha value is -2.92. The molecule has 0 spiro atoms. The summed E-state index contributed by atoms with van der Waals surface area (Å²) in [6.45, 7) is 0.510. The van der Waals surface area contributed by atoms with E-state index in [1.807, 2.05) is 24.3 Å². The first-order valence-corrected chi connectivity index (χ1v) is 8.48. The number of nitrogens with one attached hydrogen (secondary N) is 2. The van der Waals surface area contributed by atoms with Gasteiger partial charge >= 0.3 is 0 Å². The molecule has 0 saturated carbocycles. The molecule has 1 amide bonds.